The van der Waals surface area contributed by atoms with Gasteiger partial charge in [0.05, 0.1) is 11.3 Å². The molecule has 0 saturated carbocycles. The van der Waals surface area contributed by atoms with Crippen molar-refractivity contribution < 1.29 is 9.90 Å². The van der Waals surface area contributed by atoms with Gasteiger partial charge in [0.2, 0.25) is 0 Å². The molecular weight excluding hydrogens is 324 g/mol. The van der Waals surface area contributed by atoms with E-state index in [-0.39, 0.29) is 11.5 Å². The molecule has 0 atom stereocenters. The van der Waals surface area contributed by atoms with Gasteiger partial charge in [-0.3, -0.25) is 4.79 Å². The SMILES string of the molecule is Cc1cc(O)c(C(=O)CSc2ccccc2)cc1Br. The van der Waals surface area contributed by atoms with Gasteiger partial charge >= 0.3 is 0 Å². The molecule has 2 aromatic carbocycles. The first-order chi connectivity index (χ1) is 9.08. The molecule has 0 amide bonds. The van der Waals surface area contributed by atoms with Crippen molar-refractivity contribution in [2.24, 2.45) is 0 Å². The van der Waals surface area contributed by atoms with E-state index < -0.39 is 0 Å². The van der Waals surface area contributed by atoms with Crippen LogP contribution in [0.1, 0.15) is 15.9 Å². The van der Waals surface area contributed by atoms with Crippen molar-refractivity contribution in [1.82, 2.24) is 0 Å². The Kier molecular flexibility index (Phi) is 4.66. The fourth-order valence-corrected chi connectivity index (χ4v) is 2.78. The van der Waals surface area contributed by atoms with E-state index >= 15 is 0 Å². The Morgan fingerprint density at radius 3 is 2.63 bits per heavy atom. The molecule has 4 heteroatoms. The van der Waals surface area contributed by atoms with Crippen LogP contribution in [0.3, 0.4) is 0 Å². The minimum atomic E-state index is -0.0768. The molecule has 0 heterocycles. The fourth-order valence-electron chi connectivity index (χ4n) is 1.63. The molecular formula is C15H13BrO2S. The van der Waals surface area contributed by atoms with Crippen LogP contribution in [0.4, 0.5) is 0 Å². The molecule has 0 aliphatic heterocycles. The molecule has 0 aliphatic carbocycles. The van der Waals surface area contributed by atoms with Crippen molar-refractivity contribution >= 4 is 33.5 Å². The summed E-state index contributed by atoms with van der Waals surface area (Å²) in [6.07, 6.45) is 0. The number of phenolic OH excluding ortho intramolecular Hbond substituents is 1. The molecule has 2 aromatic rings. The number of carbonyl (C=O) groups is 1. The summed E-state index contributed by atoms with van der Waals surface area (Å²) in [5.41, 5.74) is 1.27. The Labute approximate surface area is 125 Å². The van der Waals surface area contributed by atoms with E-state index in [1.54, 1.807) is 12.1 Å². The summed E-state index contributed by atoms with van der Waals surface area (Å²) in [5.74, 6) is 0.277. The molecule has 2 nitrogen and oxygen atoms in total. The molecule has 98 valence electrons. The number of carbonyl (C=O) groups excluding carboxylic acids is 1. The number of ketones is 1. The number of aromatic hydroxyl groups is 1. The number of hydrogen-bond donors (Lipinski definition) is 1. The first-order valence-corrected chi connectivity index (χ1v) is 7.56. The number of hydrogen-bond acceptors (Lipinski definition) is 3. The zero-order chi connectivity index (χ0) is 13.8. The maximum Gasteiger partial charge on any atom is 0.176 e. The second-order valence-corrected chi connectivity index (χ2v) is 6.05. The molecule has 1 N–H and O–H groups in total. The smallest absolute Gasteiger partial charge is 0.176 e. The molecule has 19 heavy (non-hydrogen) atoms. The maximum atomic E-state index is 12.1. The van der Waals surface area contributed by atoms with E-state index in [4.69, 9.17) is 0 Å². The molecule has 0 aliphatic rings. The number of thioether (sulfide) groups is 1. The van der Waals surface area contributed by atoms with Crippen LogP contribution in [0.15, 0.2) is 51.8 Å². The number of halogens is 1. The first-order valence-electron chi connectivity index (χ1n) is 5.78. The maximum absolute atomic E-state index is 12.1. The Balaban J connectivity index is 2.10. The Morgan fingerprint density at radius 2 is 1.95 bits per heavy atom. The summed E-state index contributed by atoms with van der Waals surface area (Å²) >= 11 is 4.84. The van der Waals surface area contributed by atoms with Crippen molar-refractivity contribution in [2.45, 2.75) is 11.8 Å². The predicted molar refractivity (Wildman–Crippen MR) is 82.0 cm³/mol. The highest BCUT2D eigenvalue weighted by Crippen LogP contribution is 2.28. The average molecular weight is 337 g/mol. The minimum absolute atomic E-state index is 0.0411. The van der Waals surface area contributed by atoms with Gasteiger partial charge in [0.25, 0.3) is 0 Å². The van der Waals surface area contributed by atoms with Gasteiger partial charge < -0.3 is 5.11 Å². The normalized spacial score (nSPS) is 10.4. The predicted octanol–water partition coefficient (Wildman–Crippen LogP) is 4.44. The monoisotopic (exact) mass is 336 g/mol. The lowest BCUT2D eigenvalue weighted by molar-refractivity contribution is 0.102. The second-order valence-electron chi connectivity index (χ2n) is 4.14. The third-order valence-corrected chi connectivity index (χ3v) is 4.56. The summed E-state index contributed by atoms with van der Waals surface area (Å²) in [6, 6.07) is 13.0. The number of phenols is 1. The molecule has 0 spiro atoms. The second kappa shape index (κ2) is 6.26. The highest BCUT2D eigenvalue weighted by molar-refractivity contribution is 9.10. The van der Waals surface area contributed by atoms with Gasteiger partial charge in [-0.2, -0.15) is 0 Å². The Bertz CT molecular complexity index is 597. The van der Waals surface area contributed by atoms with E-state index in [1.165, 1.54) is 11.8 Å². The summed E-state index contributed by atoms with van der Waals surface area (Å²) in [7, 11) is 0. The van der Waals surface area contributed by atoms with Crippen LogP contribution in [0, 0.1) is 6.92 Å². The summed E-state index contributed by atoms with van der Waals surface area (Å²) < 4.78 is 0.832. The van der Waals surface area contributed by atoms with E-state index in [1.807, 2.05) is 37.3 Å². The van der Waals surface area contributed by atoms with Crippen molar-refractivity contribution in [3.05, 3.63) is 58.1 Å². The lowest BCUT2D eigenvalue weighted by atomic mass is 10.1. The van der Waals surface area contributed by atoms with Crippen LogP contribution >= 0.6 is 27.7 Å². The van der Waals surface area contributed by atoms with E-state index in [2.05, 4.69) is 15.9 Å². The fraction of sp³-hybridized carbons (Fsp3) is 0.133. The molecule has 0 saturated heterocycles. The van der Waals surface area contributed by atoms with Gasteiger partial charge in [-0.15, -0.1) is 11.8 Å². The van der Waals surface area contributed by atoms with E-state index in [0.29, 0.717) is 11.3 Å². The Hall–Kier alpha value is -1.26. The molecule has 0 bridgehead atoms. The van der Waals surface area contributed by atoms with Gasteiger partial charge in [0.15, 0.2) is 5.78 Å². The molecule has 0 fully saturated rings. The topological polar surface area (TPSA) is 37.3 Å². The summed E-state index contributed by atoms with van der Waals surface area (Å²) in [5, 5.41) is 9.83. The molecule has 0 unspecified atom stereocenters. The van der Waals surface area contributed by atoms with Crippen LogP contribution in [0.25, 0.3) is 0 Å². The van der Waals surface area contributed by atoms with Crippen LogP contribution in [0.5, 0.6) is 5.75 Å². The number of rotatable bonds is 4. The average Bonchev–Trinajstić information content (AvgIpc) is 2.41. The van der Waals surface area contributed by atoms with Crippen LogP contribution < -0.4 is 0 Å². The highest BCUT2D eigenvalue weighted by atomic mass is 79.9. The largest absolute Gasteiger partial charge is 0.507 e. The van der Waals surface area contributed by atoms with Gasteiger partial charge in [-0.25, -0.2) is 0 Å². The third-order valence-electron chi connectivity index (χ3n) is 2.69. The Morgan fingerprint density at radius 1 is 1.26 bits per heavy atom. The van der Waals surface area contributed by atoms with Gasteiger partial charge in [-0.05, 0) is 36.8 Å². The van der Waals surface area contributed by atoms with Crippen LogP contribution in [0.2, 0.25) is 0 Å². The number of benzene rings is 2. The van der Waals surface area contributed by atoms with Gasteiger partial charge in [0, 0.05) is 9.37 Å². The quantitative estimate of drug-likeness (QED) is 0.662. The first kappa shape index (κ1) is 14.2. The van der Waals surface area contributed by atoms with Crippen molar-refractivity contribution in [3.8, 4) is 5.75 Å². The summed E-state index contributed by atoms with van der Waals surface area (Å²) in [4.78, 5) is 13.1. The number of aryl methyl sites for hydroxylation is 1. The van der Waals surface area contributed by atoms with Crippen molar-refractivity contribution in [3.63, 3.8) is 0 Å². The highest BCUT2D eigenvalue weighted by Gasteiger charge is 2.13. The zero-order valence-electron chi connectivity index (χ0n) is 10.4. The third kappa shape index (κ3) is 3.61. The number of Topliss-reactive ketones (excluding diaryl/α,β-unsaturated/α-hetero) is 1. The lowest BCUT2D eigenvalue weighted by Gasteiger charge is -2.07. The van der Waals surface area contributed by atoms with Gasteiger partial charge in [0.1, 0.15) is 5.75 Å². The zero-order valence-corrected chi connectivity index (χ0v) is 12.8. The van der Waals surface area contributed by atoms with E-state index in [0.717, 1.165) is 14.9 Å². The van der Waals surface area contributed by atoms with Crippen molar-refractivity contribution in [1.29, 1.82) is 0 Å². The standard InChI is InChI=1S/C15H13BrO2S/c1-10-7-14(17)12(8-13(10)16)15(18)9-19-11-5-3-2-4-6-11/h2-8,17H,9H2,1H3. The van der Waals surface area contributed by atoms with E-state index in [9.17, 15) is 9.90 Å². The molecule has 0 radical (unpaired) electrons. The summed E-state index contributed by atoms with van der Waals surface area (Å²) in [6.45, 7) is 1.87. The van der Waals surface area contributed by atoms with Crippen LogP contribution in [-0.4, -0.2) is 16.6 Å². The molecule has 2 rings (SSSR count). The minimum Gasteiger partial charge on any atom is -0.507 e. The van der Waals surface area contributed by atoms with Crippen molar-refractivity contribution in [2.75, 3.05) is 5.75 Å². The lowest BCUT2D eigenvalue weighted by Crippen LogP contribution is -2.03. The molecule has 0 aromatic heterocycles. The van der Waals surface area contributed by atoms with Gasteiger partial charge in [-0.1, -0.05) is 34.1 Å². The van der Waals surface area contributed by atoms with Crippen LogP contribution in [-0.2, 0) is 0 Å².